The highest BCUT2D eigenvalue weighted by molar-refractivity contribution is 7.90. The van der Waals surface area contributed by atoms with Gasteiger partial charge < -0.3 is 10.6 Å². The molecule has 150 valence electrons. The molecule has 0 amide bonds. The Bertz CT molecular complexity index is 459. The first-order valence-electron chi connectivity index (χ1n) is 9.82. The number of sulfone groups is 1. The molecule has 0 unspecified atom stereocenters. The molecule has 0 fully saturated rings. The Morgan fingerprint density at radius 3 is 2.04 bits per heavy atom. The average molecular weight is 376 g/mol. The maximum Gasteiger partial charge on any atom is 0.190 e. The predicted molar refractivity (Wildman–Crippen MR) is 110 cm³/mol. The van der Waals surface area contributed by atoms with Crippen LogP contribution < -0.4 is 10.6 Å². The Labute approximate surface area is 156 Å². The normalized spacial score (nSPS) is 13.1. The van der Waals surface area contributed by atoms with Gasteiger partial charge in [0.05, 0.1) is 5.75 Å². The molecule has 0 aromatic rings. The molecule has 25 heavy (non-hydrogen) atoms. The standard InChI is InChI=1S/C19H41N3O2S/c1-6-7-8-9-10-11-12-13-15-21-18(20-4)22-17-19(2,3)14-16-25(5,23)24/h6-17H2,1-5H3,(H2,20,21,22). The quantitative estimate of drug-likeness (QED) is 0.275. The van der Waals surface area contributed by atoms with Gasteiger partial charge in [0.25, 0.3) is 0 Å². The minimum absolute atomic E-state index is 0.0841. The van der Waals surface area contributed by atoms with Crippen molar-refractivity contribution in [1.29, 1.82) is 0 Å². The fourth-order valence-corrected chi connectivity index (χ4v) is 3.48. The molecular formula is C19H41N3O2S. The first kappa shape index (κ1) is 24.2. The molecule has 0 heterocycles. The van der Waals surface area contributed by atoms with Crippen molar-refractivity contribution in [2.75, 3.05) is 32.1 Å². The van der Waals surface area contributed by atoms with Crippen LogP contribution in [0, 0.1) is 5.41 Å². The lowest BCUT2D eigenvalue weighted by molar-refractivity contribution is 0.348. The SMILES string of the molecule is CCCCCCCCCCNC(=NC)NCC(C)(C)CCS(C)(=O)=O. The van der Waals surface area contributed by atoms with Crippen LogP contribution in [-0.2, 0) is 9.84 Å². The molecule has 2 N–H and O–H groups in total. The van der Waals surface area contributed by atoms with E-state index in [1.807, 2.05) is 0 Å². The maximum atomic E-state index is 11.3. The van der Waals surface area contributed by atoms with Gasteiger partial charge in [0.2, 0.25) is 0 Å². The Balaban J connectivity index is 3.82. The molecular weight excluding hydrogens is 334 g/mol. The van der Waals surface area contributed by atoms with E-state index in [1.54, 1.807) is 7.05 Å². The second-order valence-corrected chi connectivity index (χ2v) is 10.1. The van der Waals surface area contributed by atoms with Gasteiger partial charge in [-0.1, -0.05) is 65.7 Å². The fraction of sp³-hybridized carbons (Fsp3) is 0.947. The average Bonchev–Trinajstić information content (AvgIpc) is 2.54. The van der Waals surface area contributed by atoms with E-state index in [-0.39, 0.29) is 11.2 Å². The largest absolute Gasteiger partial charge is 0.356 e. The van der Waals surface area contributed by atoms with Crippen LogP contribution >= 0.6 is 0 Å². The van der Waals surface area contributed by atoms with Gasteiger partial charge in [-0.3, -0.25) is 4.99 Å². The molecule has 0 aromatic heterocycles. The lowest BCUT2D eigenvalue weighted by Gasteiger charge is -2.25. The van der Waals surface area contributed by atoms with Crippen LogP contribution in [-0.4, -0.2) is 46.5 Å². The molecule has 5 nitrogen and oxygen atoms in total. The molecule has 0 aliphatic heterocycles. The zero-order valence-electron chi connectivity index (χ0n) is 17.2. The molecule has 0 atom stereocenters. The molecule has 0 aliphatic carbocycles. The van der Waals surface area contributed by atoms with Crippen LogP contribution in [0.4, 0.5) is 0 Å². The van der Waals surface area contributed by atoms with Crippen molar-refractivity contribution in [3.8, 4) is 0 Å². The predicted octanol–water partition coefficient (Wildman–Crippen LogP) is 3.75. The van der Waals surface area contributed by atoms with Crippen molar-refractivity contribution in [3.63, 3.8) is 0 Å². The monoisotopic (exact) mass is 375 g/mol. The zero-order valence-corrected chi connectivity index (χ0v) is 18.0. The van der Waals surface area contributed by atoms with E-state index in [9.17, 15) is 8.42 Å². The van der Waals surface area contributed by atoms with E-state index in [4.69, 9.17) is 0 Å². The van der Waals surface area contributed by atoms with Gasteiger partial charge in [0, 0.05) is 26.4 Å². The van der Waals surface area contributed by atoms with E-state index in [0.717, 1.165) is 18.9 Å². The Hall–Kier alpha value is -0.780. The zero-order chi connectivity index (χ0) is 19.2. The smallest absolute Gasteiger partial charge is 0.190 e. The topological polar surface area (TPSA) is 70.6 Å². The Kier molecular flexibility index (Phi) is 13.0. The summed E-state index contributed by atoms with van der Waals surface area (Å²) in [6, 6.07) is 0. The number of hydrogen-bond acceptors (Lipinski definition) is 3. The first-order chi connectivity index (χ1) is 11.7. The van der Waals surface area contributed by atoms with Crippen LogP contribution in [0.2, 0.25) is 0 Å². The van der Waals surface area contributed by atoms with Crippen LogP contribution in [0.1, 0.15) is 78.6 Å². The second kappa shape index (κ2) is 13.4. The summed E-state index contributed by atoms with van der Waals surface area (Å²) in [6.07, 6.45) is 12.4. The number of aliphatic imine (C=N–C) groups is 1. The van der Waals surface area contributed by atoms with Crippen molar-refractivity contribution < 1.29 is 8.42 Å². The van der Waals surface area contributed by atoms with Crippen molar-refractivity contribution in [2.24, 2.45) is 10.4 Å². The number of unbranched alkanes of at least 4 members (excludes halogenated alkanes) is 7. The van der Waals surface area contributed by atoms with Gasteiger partial charge in [0.15, 0.2) is 5.96 Å². The van der Waals surface area contributed by atoms with Gasteiger partial charge in [0.1, 0.15) is 9.84 Å². The van der Waals surface area contributed by atoms with E-state index < -0.39 is 9.84 Å². The summed E-state index contributed by atoms with van der Waals surface area (Å²) >= 11 is 0. The van der Waals surface area contributed by atoms with Gasteiger partial charge in [-0.15, -0.1) is 0 Å². The van der Waals surface area contributed by atoms with E-state index in [2.05, 4.69) is 36.4 Å². The van der Waals surface area contributed by atoms with E-state index >= 15 is 0 Å². The third-order valence-electron chi connectivity index (χ3n) is 4.43. The Morgan fingerprint density at radius 2 is 1.52 bits per heavy atom. The molecule has 0 bridgehead atoms. The summed E-state index contributed by atoms with van der Waals surface area (Å²) in [5.41, 5.74) is -0.0841. The highest BCUT2D eigenvalue weighted by Gasteiger charge is 2.20. The number of nitrogens with zero attached hydrogens (tertiary/aromatic N) is 1. The van der Waals surface area contributed by atoms with E-state index in [1.165, 1.54) is 51.2 Å². The molecule has 0 spiro atoms. The summed E-state index contributed by atoms with van der Waals surface area (Å²) in [4.78, 5) is 4.24. The Morgan fingerprint density at radius 1 is 0.960 bits per heavy atom. The highest BCUT2D eigenvalue weighted by atomic mass is 32.2. The van der Waals surface area contributed by atoms with Gasteiger partial charge in [-0.2, -0.15) is 0 Å². The highest BCUT2D eigenvalue weighted by Crippen LogP contribution is 2.19. The lowest BCUT2D eigenvalue weighted by atomic mass is 9.90. The van der Waals surface area contributed by atoms with Crippen LogP contribution in [0.5, 0.6) is 0 Å². The van der Waals surface area contributed by atoms with Crippen molar-refractivity contribution in [2.45, 2.75) is 78.6 Å². The molecule has 0 radical (unpaired) electrons. The molecule has 0 rings (SSSR count). The summed E-state index contributed by atoms with van der Waals surface area (Å²) in [6.45, 7) is 8.05. The van der Waals surface area contributed by atoms with Crippen LogP contribution in [0.25, 0.3) is 0 Å². The lowest BCUT2D eigenvalue weighted by Crippen LogP contribution is -2.42. The summed E-state index contributed by atoms with van der Waals surface area (Å²) in [7, 11) is -1.14. The van der Waals surface area contributed by atoms with Crippen molar-refractivity contribution >= 4 is 15.8 Å². The summed E-state index contributed by atoms with van der Waals surface area (Å²) in [5.74, 6) is 1.03. The second-order valence-electron chi connectivity index (χ2n) is 7.87. The van der Waals surface area contributed by atoms with Gasteiger partial charge in [-0.25, -0.2) is 8.42 Å². The summed E-state index contributed by atoms with van der Waals surface area (Å²) in [5, 5.41) is 6.66. The van der Waals surface area contributed by atoms with Gasteiger partial charge in [-0.05, 0) is 18.3 Å². The molecule has 0 aliphatic rings. The number of nitrogens with one attached hydrogen (secondary N) is 2. The van der Waals surface area contributed by atoms with Gasteiger partial charge >= 0.3 is 0 Å². The van der Waals surface area contributed by atoms with Crippen LogP contribution in [0.15, 0.2) is 4.99 Å². The minimum atomic E-state index is -2.91. The van der Waals surface area contributed by atoms with Crippen LogP contribution in [0.3, 0.4) is 0 Å². The summed E-state index contributed by atoms with van der Waals surface area (Å²) < 4.78 is 22.6. The first-order valence-corrected chi connectivity index (χ1v) is 11.9. The molecule has 0 saturated carbocycles. The third kappa shape index (κ3) is 16.4. The molecule has 0 saturated heterocycles. The molecule has 6 heteroatoms. The van der Waals surface area contributed by atoms with E-state index in [0.29, 0.717) is 13.0 Å². The number of guanidine groups is 1. The third-order valence-corrected chi connectivity index (χ3v) is 5.38. The van der Waals surface area contributed by atoms with Crippen molar-refractivity contribution in [1.82, 2.24) is 10.6 Å². The minimum Gasteiger partial charge on any atom is -0.356 e. The molecule has 0 aromatic carbocycles. The number of rotatable bonds is 14. The maximum absolute atomic E-state index is 11.3. The van der Waals surface area contributed by atoms with Crippen molar-refractivity contribution in [3.05, 3.63) is 0 Å². The number of hydrogen-bond donors (Lipinski definition) is 2. The fourth-order valence-electron chi connectivity index (χ4n) is 2.56.